The minimum Gasteiger partial charge on any atom is -0.459 e. The van der Waals surface area contributed by atoms with E-state index >= 15 is 0 Å². The summed E-state index contributed by atoms with van der Waals surface area (Å²) in [5.41, 5.74) is 1.61. The molecule has 1 unspecified atom stereocenters. The second-order valence-corrected chi connectivity index (χ2v) is 10.9. The molecule has 1 atom stereocenters. The Morgan fingerprint density at radius 2 is 1.73 bits per heavy atom. The van der Waals surface area contributed by atoms with Crippen molar-refractivity contribution in [1.29, 1.82) is 0 Å². The predicted octanol–water partition coefficient (Wildman–Crippen LogP) is 3.04. The Kier molecular flexibility index (Phi) is 6.01. The van der Waals surface area contributed by atoms with Crippen LogP contribution in [0.3, 0.4) is 0 Å². The van der Waals surface area contributed by atoms with Gasteiger partial charge in [-0.15, -0.1) is 0 Å². The van der Waals surface area contributed by atoms with Gasteiger partial charge in [-0.1, -0.05) is 6.42 Å². The van der Waals surface area contributed by atoms with Crippen molar-refractivity contribution < 1.29 is 22.4 Å². The normalized spacial score (nSPS) is 21.8. The van der Waals surface area contributed by atoms with E-state index in [1.807, 2.05) is 0 Å². The lowest BCUT2D eigenvalue weighted by atomic mass is 10.00. The van der Waals surface area contributed by atoms with E-state index in [4.69, 9.17) is 4.42 Å². The Labute approximate surface area is 194 Å². The third-order valence-electron chi connectivity index (χ3n) is 6.95. The summed E-state index contributed by atoms with van der Waals surface area (Å²) in [6.07, 6.45) is 7.24. The Balaban J connectivity index is 1.37. The number of anilines is 1. The molecule has 5 rings (SSSR count). The summed E-state index contributed by atoms with van der Waals surface area (Å²) in [6.45, 7) is 2.13. The zero-order valence-electron chi connectivity index (χ0n) is 18.6. The maximum atomic E-state index is 13.6. The molecule has 0 saturated carbocycles. The van der Waals surface area contributed by atoms with Crippen LogP contribution in [0.2, 0.25) is 0 Å². The van der Waals surface area contributed by atoms with Crippen LogP contribution in [0.1, 0.15) is 54.6 Å². The molecule has 33 heavy (non-hydrogen) atoms. The standard InChI is InChI=1S/C24H29N3O5S/c28-23(21-7-2-5-14-26(21)24(29)22-8-6-16-32-22)27-15-11-18-17-19(9-10-20(18)27)33(30,31)25-12-3-1-4-13-25/h6,8-10,16-17,21H,1-5,7,11-15H2. The average molecular weight is 472 g/mol. The van der Waals surface area contributed by atoms with Gasteiger partial charge in [0.1, 0.15) is 6.04 Å². The number of amides is 2. The number of hydrogen-bond acceptors (Lipinski definition) is 5. The summed E-state index contributed by atoms with van der Waals surface area (Å²) in [7, 11) is -3.52. The largest absolute Gasteiger partial charge is 0.459 e. The number of sulfonamides is 1. The Hall–Kier alpha value is -2.65. The van der Waals surface area contributed by atoms with Crippen LogP contribution in [0.4, 0.5) is 5.69 Å². The van der Waals surface area contributed by atoms with Crippen molar-refractivity contribution >= 4 is 27.5 Å². The van der Waals surface area contributed by atoms with Crippen LogP contribution in [-0.2, 0) is 21.2 Å². The first kappa shape index (κ1) is 22.2. The summed E-state index contributed by atoms with van der Waals surface area (Å²) in [4.78, 5) is 30.1. The summed E-state index contributed by atoms with van der Waals surface area (Å²) >= 11 is 0. The third kappa shape index (κ3) is 4.08. The van der Waals surface area contributed by atoms with Crippen molar-refractivity contribution in [2.45, 2.75) is 55.9 Å². The summed E-state index contributed by atoms with van der Waals surface area (Å²) < 4.78 is 33.0. The first-order chi connectivity index (χ1) is 16.0. The minimum atomic E-state index is -3.52. The van der Waals surface area contributed by atoms with Crippen LogP contribution >= 0.6 is 0 Å². The quantitative estimate of drug-likeness (QED) is 0.684. The second-order valence-electron chi connectivity index (χ2n) is 8.98. The number of likely N-dealkylation sites (tertiary alicyclic amines) is 1. The zero-order valence-corrected chi connectivity index (χ0v) is 19.4. The first-order valence-electron chi connectivity index (χ1n) is 11.8. The van der Waals surface area contributed by atoms with Crippen molar-refractivity contribution in [1.82, 2.24) is 9.21 Å². The molecule has 2 amide bonds. The summed E-state index contributed by atoms with van der Waals surface area (Å²) in [5.74, 6) is -0.135. The van der Waals surface area contributed by atoms with Gasteiger partial charge in [-0.3, -0.25) is 9.59 Å². The molecule has 0 spiro atoms. The van der Waals surface area contributed by atoms with Gasteiger partial charge in [0, 0.05) is 31.9 Å². The fourth-order valence-corrected chi connectivity index (χ4v) is 6.74. The number of nitrogens with zero attached hydrogens (tertiary/aromatic N) is 3. The first-order valence-corrected chi connectivity index (χ1v) is 13.2. The van der Waals surface area contributed by atoms with Crippen LogP contribution in [0.15, 0.2) is 45.9 Å². The van der Waals surface area contributed by atoms with Gasteiger partial charge in [-0.05, 0) is 74.4 Å². The van der Waals surface area contributed by atoms with Crippen LogP contribution < -0.4 is 4.90 Å². The topological polar surface area (TPSA) is 91.1 Å². The van der Waals surface area contributed by atoms with E-state index in [-0.39, 0.29) is 17.6 Å². The molecule has 4 heterocycles. The number of carbonyl (C=O) groups excluding carboxylic acids is 2. The summed E-state index contributed by atoms with van der Waals surface area (Å²) in [5, 5.41) is 0. The van der Waals surface area contributed by atoms with Crippen molar-refractivity contribution in [3.63, 3.8) is 0 Å². The molecule has 3 aliphatic heterocycles. The molecule has 1 aromatic heterocycles. The summed E-state index contributed by atoms with van der Waals surface area (Å²) in [6, 6.07) is 7.83. The molecule has 0 bridgehead atoms. The van der Waals surface area contributed by atoms with E-state index in [9.17, 15) is 18.0 Å². The van der Waals surface area contributed by atoms with Gasteiger partial charge in [0.05, 0.1) is 11.2 Å². The van der Waals surface area contributed by atoms with E-state index in [0.29, 0.717) is 43.9 Å². The lowest BCUT2D eigenvalue weighted by Crippen LogP contribution is -2.53. The molecule has 176 valence electrons. The van der Waals surface area contributed by atoms with E-state index < -0.39 is 16.1 Å². The number of furan rings is 1. The Morgan fingerprint density at radius 3 is 2.48 bits per heavy atom. The van der Waals surface area contributed by atoms with Gasteiger partial charge in [0.15, 0.2) is 5.76 Å². The Morgan fingerprint density at radius 1 is 0.939 bits per heavy atom. The lowest BCUT2D eigenvalue weighted by Gasteiger charge is -2.36. The molecule has 2 fully saturated rings. The van der Waals surface area contributed by atoms with Gasteiger partial charge in [-0.25, -0.2) is 8.42 Å². The van der Waals surface area contributed by atoms with Gasteiger partial charge in [-0.2, -0.15) is 4.31 Å². The fraction of sp³-hybridized carbons (Fsp3) is 0.500. The van der Waals surface area contributed by atoms with Crippen LogP contribution in [0.5, 0.6) is 0 Å². The van der Waals surface area contributed by atoms with Gasteiger partial charge >= 0.3 is 0 Å². The number of carbonyl (C=O) groups is 2. The monoisotopic (exact) mass is 471 g/mol. The highest BCUT2D eigenvalue weighted by molar-refractivity contribution is 7.89. The number of rotatable bonds is 4. The maximum absolute atomic E-state index is 13.6. The minimum absolute atomic E-state index is 0.111. The van der Waals surface area contributed by atoms with Gasteiger partial charge in [0.2, 0.25) is 15.9 Å². The van der Waals surface area contributed by atoms with E-state index in [0.717, 1.165) is 43.4 Å². The number of hydrogen-bond donors (Lipinski definition) is 0. The average Bonchev–Trinajstić information content (AvgIpc) is 3.54. The maximum Gasteiger partial charge on any atom is 0.290 e. The molecule has 0 N–H and O–H groups in total. The van der Waals surface area contributed by atoms with Crippen molar-refractivity contribution in [2.75, 3.05) is 31.1 Å². The number of piperidine rings is 2. The molecule has 2 aromatic rings. The van der Waals surface area contributed by atoms with Gasteiger partial charge < -0.3 is 14.2 Å². The smallest absolute Gasteiger partial charge is 0.290 e. The molecule has 0 radical (unpaired) electrons. The van der Waals surface area contributed by atoms with Gasteiger partial charge in [0.25, 0.3) is 5.91 Å². The highest BCUT2D eigenvalue weighted by Gasteiger charge is 2.38. The van der Waals surface area contributed by atoms with E-state index in [2.05, 4.69) is 0 Å². The molecular weight excluding hydrogens is 442 g/mol. The number of fused-ring (bicyclic) bond motifs is 1. The van der Waals surface area contributed by atoms with Crippen molar-refractivity contribution in [3.8, 4) is 0 Å². The molecule has 3 aliphatic rings. The third-order valence-corrected chi connectivity index (χ3v) is 8.84. The Bertz CT molecular complexity index is 1140. The SMILES string of the molecule is O=C(C1CCCCN1C(=O)c1ccco1)N1CCc2cc(S(=O)(=O)N3CCCCC3)ccc21. The highest BCUT2D eigenvalue weighted by atomic mass is 32.2. The second kappa shape index (κ2) is 8.95. The van der Waals surface area contributed by atoms with Crippen molar-refractivity contribution in [3.05, 3.63) is 47.9 Å². The van der Waals surface area contributed by atoms with Crippen LogP contribution in [0, 0.1) is 0 Å². The highest BCUT2D eigenvalue weighted by Crippen LogP contribution is 2.34. The molecule has 9 heteroatoms. The molecule has 8 nitrogen and oxygen atoms in total. The zero-order chi connectivity index (χ0) is 23.0. The van der Waals surface area contributed by atoms with Crippen LogP contribution in [0.25, 0.3) is 0 Å². The fourth-order valence-electron chi connectivity index (χ4n) is 5.17. The lowest BCUT2D eigenvalue weighted by molar-refractivity contribution is -0.124. The van der Waals surface area contributed by atoms with Crippen LogP contribution in [-0.4, -0.2) is 61.7 Å². The van der Waals surface area contributed by atoms with Crippen molar-refractivity contribution in [2.24, 2.45) is 0 Å². The molecule has 2 saturated heterocycles. The van der Waals surface area contributed by atoms with E-state index in [1.165, 1.54) is 6.26 Å². The molecular formula is C24H29N3O5S. The molecule has 1 aromatic carbocycles. The molecule has 0 aliphatic carbocycles. The predicted molar refractivity (Wildman–Crippen MR) is 122 cm³/mol. The number of benzene rings is 1. The van der Waals surface area contributed by atoms with E-state index in [1.54, 1.807) is 44.4 Å².